The van der Waals surface area contributed by atoms with Crippen molar-refractivity contribution in [2.24, 2.45) is 0 Å². The van der Waals surface area contributed by atoms with E-state index in [2.05, 4.69) is 20.3 Å². The van der Waals surface area contributed by atoms with E-state index in [1.165, 1.54) is 0 Å². The maximum atomic E-state index is 12.8. The number of carbonyl (C=O) groups is 3. The fourth-order valence-electron chi connectivity index (χ4n) is 3.99. The Bertz CT molecular complexity index is 1170. The van der Waals surface area contributed by atoms with Crippen LogP contribution in [0.5, 0.6) is 0 Å². The van der Waals surface area contributed by atoms with Gasteiger partial charge in [0, 0.05) is 35.7 Å². The number of nitrogens with zero attached hydrogens (tertiary/aromatic N) is 3. The maximum absolute atomic E-state index is 12.8. The molecule has 0 aliphatic carbocycles. The molecule has 0 bridgehead atoms. The first kappa shape index (κ1) is 16.6. The summed E-state index contributed by atoms with van der Waals surface area (Å²) >= 11 is 0. The van der Waals surface area contributed by atoms with Crippen LogP contribution in [0.2, 0.25) is 0 Å². The Morgan fingerprint density at radius 2 is 2.00 bits per heavy atom. The molecule has 8 nitrogen and oxygen atoms in total. The normalized spacial score (nSPS) is 19.2. The number of amides is 3. The second-order valence-electron chi connectivity index (χ2n) is 7.13. The molecule has 3 amide bonds. The average molecular weight is 375 g/mol. The first-order valence-corrected chi connectivity index (χ1v) is 9.11. The summed E-state index contributed by atoms with van der Waals surface area (Å²) in [5.74, 6) is -0.214. The molecule has 1 fully saturated rings. The third kappa shape index (κ3) is 2.49. The molecule has 1 aromatic carbocycles. The molecule has 0 saturated carbocycles. The smallest absolute Gasteiger partial charge is 0.255 e. The molecule has 1 saturated heterocycles. The van der Waals surface area contributed by atoms with Crippen molar-refractivity contribution < 1.29 is 14.4 Å². The van der Waals surface area contributed by atoms with Crippen LogP contribution in [0.4, 0.5) is 0 Å². The van der Waals surface area contributed by atoms with E-state index in [1.54, 1.807) is 11.0 Å². The standard InChI is InChI=1S/C20H17N5O3/c1-10-22-17(14-6-7-21-18(14)23-10)11-2-3-13-12(8-11)9-25(20(13)28)15-4-5-16(26)24-19(15)27/h2-3,6-8,15H,4-5,9H2,1H3,(H,21,22,23)(H,24,26,27). The molecule has 140 valence electrons. The van der Waals surface area contributed by atoms with E-state index >= 15 is 0 Å². The van der Waals surface area contributed by atoms with E-state index in [9.17, 15) is 14.4 Å². The molecule has 1 unspecified atom stereocenters. The highest BCUT2D eigenvalue weighted by atomic mass is 16.2. The number of imide groups is 1. The largest absolute Gasteiger partial charge is 0.346 e. The lowest BCUT2D eigenvalue weighted by Crippen LogP contribution is -2.52. The molecule has 5 rings (SSSR count). The summed E-state index contributed by atoms with van der Waals surface area (Å²) < 4.78 is 0. The third-order valence-electron chi connectivity index (χ3n) is 5.32. The van der Waals surface area contributed by atoms with Crippen LogP contribution in [-0.2, 0) is 16.1 Å². The van der Waals surface area contributed by atoms with Crippen LogP contribution in [0.15, 0.2) is 30.5 Å². The van der Waals surface area contributed by atoms with Gasteiger partial charge in [-0.3, -0.25) is 19.7 Å². The van der Waals surface area contributed by atoms with Crippen LogP contribution >= 0.6 is 0 Å². The SMILES string of the molecule is Cc1nc(-c2ccc3c(c2)CN(C2CCC(=O)NC2=O)C3=O)c2cc[nH]c2n1. The first-order chi connectivity index (χ1) is 13.5. The molecule has 0 radical (unpaired) electrons. The van der Waals surface area contributed by atoms with Crippen molar-refractivity contribution in [3.05, 3.63) is 47.4 Å². The Hall–Kier alpha value is -3.55. The Kier molecular flexibility index (Phi) is 3.55. The van der Waals surface area contributed by atoms with Gasteiger partial charge in [0.2, 0.25) is 11.8 Å². The quantitative estimate of drug-likeness (QED) is 0.663. The van der Waals surface area contributed by atoms with Crippen molar-refractivity contribution in [1.82, 2.24) is 25.2 Å². The Labute approximate surface area is 160 Å². The van der Waals surface area contributed by atoms with E-state index in [0.29, 0.717) is 24.4 Å². The minimum Gasteiger partial charge on any atom is -0.346 e. The van der Waals surface area contributed by atoms with Gasteiger partial charge in [0.1, 0.15) is 17.5 Å². The maximum Gasteiger partial charge on any atom is 0.255 e. The lowest BCUT2D eigenvalue weighted by Gasteiger charge is -2.29. The van der Waals surface area contributed by atoms with Crippen molar-refractivity contribution in [2.75, 3.05) is 0 Å². The molecule has 2 aromatic heterocycles. The van der Waals surface area contributed by atoms with Gasteiger partial charge in [0.25, 0.3) is 5.91 Å². The summed E-state index contributed by atoms with van der Waals surface area (Å²) in [5.41, 5.74) is 3.91. The number of hydrogen-bond acceptors (Lipinski definition) is 5. The molecule has 2 N–H and O–H groups in total. The number of rotatable bonds is 2. The fraction of sp³-hybridized carbons (Fsp3) is 0.250. The molecule has 2 aliphatic heterocycles. The molecule has 8 heteroatoms. The second kappa shape index (κ2) is 5.98. The summed E-state index contributed by atoms with van der Waals surface area (Å²) in [6.45, 7) is 2.18. The lowest BCUT2D eigenvalue weighted by atomic mass is 10.0. The summed E-state index contributed by atoms with van der Waals surface area (Å²) in [4.78, 5) is 50.0. The number of aryl methyl sites for hydroxylation is 1. The van der Waals surface area contributed by atoms with Gasteiger partial charge in [-0.1, -0.05) is 6.07 Å². The number of aromatic amines is 1. The van der Waals surface area contributed by atoms with Crippen molar-refractivity contribution in [1.29, 1.82) is 0 Å². The van der Waals surface area contributed by atoms with Crippen LogP contribution in [-0.4, -0.2) is 43.6 Å². The second-order valence-corrected chi connectivity index (χ2v) is 7.13. The van der Waals surface area contributed by atoms with Crippen LogP contribution in [0.1, 0.15) is 34.6 Å². The van der Waals surface area contributed by atoms with Crippen LogP contribution < -0.4 is 5.32 Å². The van der Waals surface area contributed by atoms with E-state index in [0.717, 1.165) is 27.9 Å². The number of aromatic nitrogens is 3. The number of hydrogen-bond donors (Lipinski definition) is 2. The average Bonchev–Trinajstić information content (AvgIpc) is 3.25. The summed E-state index contributed by atoms with van der Waals surface area (Å²) in [7, 11) is 0. The number of benzene rings is 1. The molecule has 2 aliphatic rings. The number of nitrogens with one attached hydrogen (secondary N) is 2. The van der Waals surface area contributed by atoms with Gasteiger partial charge >= 0.3 is 0 Å². The Morgan fingerprint density at radius 3 is 2.82 bits per heavy atom. The lowest BCUT2D eigenvalue weighted by molar-refractivity contribution is -0.136. The first-order valence-electron chi connectivity index (χ1n) is 9.11. The zero-order valence-corrected chi connectivity index (χ0v) is 15.2. The van der Waals surface area contributed by atoms with Crippen LogP contribution in [0, 0.1) is 6.92 Å². The zero-order chi connectivity index (χ0) is 19.4. The van der Waals surface area contributed by atoms with Gasteiger partial charge in [0.05, 0.1) is 5.69 Å². The third-order valence-corrected chi connectivity index (χ3v) is 5.32. The topological polar surface area (TPSA) is 108 Å². The van der Waals surface area contributed by atoms with E-state index in [1.807, 2.05) is 31.3 Å². The van der Waals surface area contributed by atoms with E-state index in [4.69, 9.17) is 0 Å². The minimum absolute atomic E-state index is 0.179. The van der Waals surface area contributed by atoms with E-state index < -0.39 is 11.9 Å². The van der Waals surface area contributed by atoms with Gasteiger partial charge in [-0.25, -0.2) is 9.97 Å². The summed E-state index contributed by atoms with van der Waals surface area (Å²) in [6.07, 6.45) is 2.42. The molecular formula is C20H17N5O3. The summed E-state index contributed by atoms with van der Waals surface area (Å²) in [5, 5.41) is 3.24. The van der Waals surface area contributed by atoms with Gasteiger partial charge < -0.3 is 9.88 Å². The molecule has 0 spiro atoms. The molecule has 4 heterocycles. The van der Waals surface area contributed by atoms with Crippen LogP contribution in [0.3, 0.4) is 0 Å². The molecule has 28 heavy (non-hydrogen) atoms. The predicted molar refractivity (Wildman–Crippen MR) is 100 cm³/mol. The van der Waals surface area contributed by atoms with Crippen LogP contribution in [0.25, 0.3) is 22.3 Å². The van der Waals surface area contributed by atoms with Crippen molar-refractivity contribution in [3.63, 3.8) is 0 Å². The zero-order valence-electron chi connectivity index (χ0n) is 15.2. The number of carbonyl (C=O) groups excluding carboxylic acids is 3. The van der Waals surface area contributed by atoms with Crippen molar-refractivity contribution in [3.8, 4) is 11.3 Å². The molecule has 3 aromatic rings. The van der Waals surface area contributed by atoms with E-state index in [-0.39, 0.29) is 18.2 Å². The number of H-pyrrole nitrogens is 1. The highest BCUT2D eigenvalue weighted by Crippen LogP contribution is 2.32. The molecular weight excluding hydrogens is 358 g/mol. The highest BCUT2D eigenvalue weighted by molar-refractivity contribution is 6.05. The highest BCUT2D eigenvalue weighted by Gasteiger charge is 2.39. The minimum atomic E-state index is -0.612. The monoisotopic (exact) mass is 375 g/mol. The predicted octanol–water partition coefficient (Wildman–Crippen LogP) is 1.69. The number of piperidine rings is 1. The van der Waals surface area contributed by atoms with Gasteiger partial charge in [-0.2, -0.15) is 0 Å². The Balaban J connectivity index is 1.52. The van der Waals surface area contributed by atoms with Crippen molar-refractivity contribution in [2.45, 2.75) is 32.4 Å². The Morgan fingerprint density at radius 1 is 1.14 bits per heavy atom. The van der Waals surface area contributed by atoms with Gasteiger partial charge in [-0.05, 0) is 37.1 Å². The summed E-state index contributed by atoms with van der Waals surface area (Å²) in [6, 6.07) is 6.93. The number of fused-ring (bicyclic) bond motifs is 2. The van der Waals surface area contributed by atoms with Gasteiger partial charge in [-0.15, -0.1) is 0 Å². The van der Waals surface area contributed by atoms with Crippen molar-refractivity contribution >= 4 is 28.8 Å². The van der Waals surface area contributed by atoms with Gasteiger partial charge in [0.15, 0.2) is 0 Å². The fourth-order valence-corrected chi connectivity index (χ4v) is 3.99. The molecule has 1 atom stereocenters.